The molecule has 0 radical (unpaired) electrons. The van der Waals surface area contributed by atoms with Gasteiger partial charge in [-0.3, -0.25) is 9.62 Å². The Kier molecular flexibility index (Phi) is 8.52. The van der Waals surface area contributed by atoms with E-state index in [0.29, 0.717) is 5.69 Å². The van der Waals surface area contributed by atoms with Crippen LogP contribution in [0.2, 0.25) is 0 Å². The van der Waals surface area contributed by atoms with Gasteiger partial charge in [-0.05, 0) is 36.8 Å². The number of aromatic nitrogens is 2. The van der Waals surface area contributed by atoms with Gasteiger partial charge in [0, 0.05) is 33.4 Å². The Hall–Kier alpha value is -1.84. The molecule has 164 valence electrons. The fourth-order valence-corrected chi connectivity index (χ4v) is 4.64. The third-order valence-electron chi connectivity index (χ3n) is 4.96. The molecular formula is C20H26Cl2N4O3S. The highest BCUT2D eigenvalue weighted by molar-refractivity contribution is 7.92. The number of nitrogens with one attached hydrogen (secondary N) is 1. The van der Waals surface area contributed by atoms with Gasteiger partial charge in [-0.2, -0.15) is 0 Å². The molecule has 0 aliphatic carbocycles. The van der Waals surface area contributed by atoms with Crippen LogP contribution in [-0.4, -0.2) is 49.7 Å². The van der Waals surface area contributed by atoms with E-state index in [2.05, 4.69) is 14.2 Å². The van der Waals surface area contributed by atoms with Crippen LogP contribution in [0.5, 0.6) is 0 Å². The topological polar surface area (TPSA) is 76.5 Å². The van der Waals surface area contributed by atoms with Gasteiger partial charge in [0.15, 0.2) is 0 Å². The lowest BCUT2D eigenvalue weighted by molar-refractivity contribution is 0.158. The smallest absolute Gasteiger partial charge is 0.261 e. The van der Waals surface area contributed by atoms with Crippen molar-refractivity contribution in [3.05, 3.63) is 54.4 Å². The minimum Gasteiger partial charge on any atom is -0.385 e. The number of rotatable bonds is 7. The van der Waals surface area contributed by atoms with E-state index in [1.54, 1.807) is 49.6 Å². The van der Waals surface area contributed by atoms with Crippen molar-refractivity contribution in [2.75, 3.05) is 31.5 Å². The summed E-state index contributed by atoms with van der Waals surface area (Å²) in [5.41, 5.74) is 2.36. The summed E-state index contributed by atoms with van der Waals surface area (Å²) in [6.45, 7) is 4.40. The summed E-state index contributed by atoms with van der Waals surface area (Å²) in [4.78, 5) is 7.37. The summed E-state index contributed by atoms with van der Waals surface area (Å²) in [6, 6.07) is 13.9. The van der Waals surface area contributed by atoms with Gasteiger partial charge in [-0.1, -0.05) is 18.2 Å². The first-order chi connectivity index (χ1) is 13.6. The molecule has 0 bridgehead atoms. The molecule has 2 aromatic carbocycles. The number of halogens is 2. The minimum absolute atomic E-state index is 0. The Morgan fingerprint density at radius 2 is 1.87 bits per heavy atom. The molecule has 0 fully saturated rings. The maximum absolute atomic E-state index is 12.5. The number of ether oxygens (including phenoxy) is 1. The number of anilines is 1. The van der Waals surface area contributed by atoms with Crippen LogP contribution in [0.4, 0.5) is 5.69 Å². The molecular weight excluding hydrogens is 447 g/mol. The van der Waals surface area contributed by atoms with E-state index in [1.807, 2.05) is 6.07 Å². The molecule has 1 aliphatic heterocycles. The Labute approximate surface area is 189 Å². The number of benzene rings is 2. The average Bonchev–Trinajstić information content (AvgIpc) is 3.05. The second-order valence-corrected chi connectivity index (χ2v) is 8.61. The van der Waals surface area contributed by atoms with Crippen molar-refractivity contribution >= 4 is 51.6 Å². The van der Waals surface area contributed by atoms with Crippen molar-refractivity contribution in [2.45, 2.75) is 24.4 Å². The van der Waals surface area contributed by atoms with Gasteiger partial charge >= 0.3 is 0 Å². The molecule has 0 amide bonds. The monoisotopic (exact) mass is 472 g/mol. The summed E-state index contributed by atoms with van der Waals surface area (Å²) >= 11 is 0. The number of sulfonamides is 1. The lowest BCUT2D eigenvalue weighted by Crippen LogP contribution is -2.34. The Morgan fingerprint density at radius 1 is 1.10 bits per heavy atom. The van der Waals surface area contributed by atoms with E-state index in [9.17, 15) is 8.42 Å². The van der Waals surface area contributed by atoms with Crippen molar-refractivity contribution in [1.29, 1.82) is 0 Å². The fraction of sp³-hybridized carbons (Fsp3) is 0.350. The molecule has 0 saturated heterocycles. The molecule has 0 unspecified atom stereocenters. The van der Waals surface area contributed by atoms with E-state index in [0.717, 1.165) is 56.1 Å². The molecule has 2 heterocycles. The highest BCUT2D eigenvalue weighted by Crippen LogP contribution is 2.25. The van der Waals surface area contributed by atoms with Crippen molar-refractivity contribution in [3.63, 3.8) is 0 Å². The standard InChI is InChI=1S/C20H24N4O3S.2ClH/c1-27-13-5-10-23-11-12-24-19-9-8-16(14-18(19)21-20(24)15-23)22-28(25,26)17-6-3-2-4-7-17;;/h2-4,6-9,14,22H,5,10-13,15H2,1H3;2*1H. The summed E-state index contributed by atoms with van der Waals surface area (Å²) in [5, 5.41) is 0. The molecule has 1 N–H and O–H groups in total. The second kappa shape index (κ2) is 10.5. The second-order valence-electron chi connectivity index (χ2n) is 6.92. The molecule has 0 atom stereocenters. The van der Waals surface area contributed by atoms with Crippen LogP contribution >= 0.6 is 24.8 Å². The van der Waals surface area contributed by atoms with Crippen LogP contribution in [0.15, 0.2) is 53.4 Å². The van der Waals surface area contributed by atoms with Gasteiger partial charge in [-0.15, -0.1) is 24.8 Å². The predicted octanol–water partition coefficient (Wildman–Crippen LogP) is 3.53. The van der Waals surface area contributed by atoms with E-state index in [-0.39, 0.29) is 29.7 Å². The first-order valence-corrected chi connectivity index (χ1v) is 10.8. The summed E-state index contributed by atoms with van der Waals surface area (Å²) in [5.74, 6) is 1.02. The number of fused-ring (bicyclic) bond motifs is 3. The zero-order chi connectivity index (χ0) is 19.6. The molecule has 4 rings (SSSR count). The third kappa shape index (κ3) is 5.25. The quantitative estimate of drug-likeness (QED) is 0.532. The summed E-state index contributed by atoms with van der Waals surface area (Å²) in [7, 11) is -1.89. The normalized spacial score (nSPS) is 13.9. The van der Waals surface area contributed by atoms with Gasteiger partial charge in [0.05, 0.1) is 28.2 Å². The van der Waals surface area contributed by atoms with Crippen LogP contribution in [0.3, 0.4) is 0 Å². The first-order valence-electron chi connectivity index (χ1n) is 9.35. The van der Waals surface area contributed by atoms with E-state index >= 15 is 0 Å². The summed E-state index contributed by atoms with van der Waals surface area (Å²) < 4.78 is 35.1. The van der Waals surface area contributed by atoms with Gasteiger partial charge < -0.3 is 9.30 Å². The zero-order valence-electron chi connectivity index (χ0n) is 16.7. The Bertz CT molecular complexity index is 1070. The number of hydrogen-bond acceptors (Lipinski definition) is 5. The molecule has 10 heteroatoms. The largest absolute Gasteiger partial charge is 0.385 e. The minimum atomic E-state index is -3.61. The highest BCUT2D eigenvalue weighted by atomic mass is 35.5. The predicted molar refractivity (Wildman–Crippen MR) is 123 cm³/mol. The highest BCUT2D eigenvalue weighted by Gasteiger charge is 2.20. The van der Waals surface area contributed by atoms with Gasteiger partial charge in [-0.25, -0.2) is 13.4 Å². The van der Waals surface area contributed by atoms with Crippen LogP contribution in [-0.2, 0) is 27.8 Å². The average molecular weight is 473 g/mol. The first kappa shape index (κ1) is 24.4. The number of nitrogens with zero attached hydrogens (tertiary/aromatic N) is 3. The molecule has 1 aromatic heterocycles. The molecule has 1 aliphatic rings. The molecule has 0 spiro atoms. The van der Waals surface area contributed by atoms with Crippen LogP contribution < -0.4 is 4.72 Å². The van der Waals surface area contributed by atoms with E-state index in [1.165, 1.54) is 0 Å². The number of methoxy groups -OCH3 is 1. The van der Waals surface area contributed by atoms with Crippen molar-refractivity contribution < 1.29 is 13.2 Å². The van der Waals surface area contributed by atoms with Crippen molar-refractivity contribution in [1.82, 2.24) is 14.5 Å². The Morgan fingerprint density at radius 3 is 2.60 bits per heavy atom. The molecule has 30 heavy (non-hydrogen) atoms. The molecule has 3 aromatic rings. The Balaban J connectivity index is 0.00000160. The lowest BCUT2D eigenvalue weighted by Gasteiger charge is -2.27. The zero-order valence-corrected chi connectivity index (χ0v) is 19.1. The lowest BCUT2D eigenvalue weighted by atomic mass is 10.2. The van der Waals surface area contributed by atoms with Crippen LogP contribution in [0.1, 0.15) is 12.2 Å². The number of hydrogen-bond donors (Lipinski definition) is 1. The third-order valence-corrected chi connectivity index (χ3v) is 6.36. The van der Waals surface area contributed by atoms with E-state index in [4.69, 9.17) is 9.72 Å². The maximum Gasteiger partial charge on any atom is 0.261 e. The van der Waals surface area contributed by atoms with Crippen LogP contribution in [0.25, 0.3) is 11.0 Å². The SMILES string of the molecule is COCCCN1CCn2c(nc3cc(NS(=O)(=O)c4ccccc4)ccc32)C1.Cl.Cl. The molecule has 7 nitrogen and oxygen atoms in total. The van der Waals surface area contributed by atoms with Gasteiger partial charge in [0.25, 0.3) is 10.0 Å². The summed E-state index contributed by atoms with van der Waals surface area (Å²) in [6.07, 6.45) is 1.00. The molecule has 0 saturated carbocycles. The van der Waals surface area contributed by atoms with Gasteiger partial charge in [0.1, 0.15) is 5.82 Å². The fourth-order valence-electron chi connectivity index (χ4n) is 3.57. The van der Waals surface area contributed by atoms with Crippen molar-refractivity contribution in [3.8, 4) is 0 Å². The van der Waals surface area contributed by atoms with Crippen LogP contribution in [0, 0.1) is 0 Å². The van der Waals surface area contributed by atoms with Gasteiger partial charge in [0.2, 0.25) is 0 Å². The number of imidazole rings is 1. The van der Waals surface area contributed by atoms with Crippen molar-refractivity contribution in [2.24, 2.45) is 0 Å². The van der Waals surface area contributed by atoms with E-state index < -0.39 is 10.0 Å². The maximum atomic E-state index is 12.5.